The quantitative estimate of drug-likeness (QED) is 0.565. The number of anilines is 1. The van der Waals surface area contributed by atoms with Crippen molar-refractivity contribution < 1.29 is 36.2 Å². The van der Waals surface area contributed by atoms with Crippen molar-refractivity contribution in [2.45, 2.75) is 22.3 Å². The first-order chi connectivity index (χ1) is 14.5. The minimum Gasteiger partial charge on any atom is -0.497 e. The van der Waals surface area contributed by atoms with Crippen molar-refractivity contribution in [3.63, 3.8) is 0 Å². The van der Waals surface area contributed by atoms with Crippen LogP contribution >= 0.6 is 0 Å². The van der Waals surface area contributed by atoms with Crippen molar-refractivity contribution in [2.24, 2.45) is 0 Å². The molecule has 0 fully saturated rings. The van der Waals surface area contributed by atoms with Gasteiger partial charge in [0.15, 0.2) is 0 Å². The van der Waals surface area contributed by atoms with Crippen LogP contribution in [0.2, 0.25) is 0 Å². The molecule has 0 radical (unpaired) electrons. The molecule has 0 aliphatic carbocycles. The summed E-state index contributed by atoms with van der Waals surface area (Å²) in [5.74, 6) is 0.0364. The van der Waals surface area contributed by atoms with Crippen molar-refractivity contribution in [3.05, 3.63) is 66.4 Å². The highest BCUT2D eigenvalue weighted by molar-refractivity contribution is 7.91. The molecule has 0 bridgehead atoms. The summed E-state index contributed by atoms with van der Waals surface area (Å²) in [7, 11) is -2.67. The number of methoxy groups -OCH3 is 1. The Kier molecular flexibility index (Phi) is 6.18. The van der Waals surface area contributed by atoms with E-state index in [0.717, 1.165) is 24.3 Å². The predicted octanol–water partition coefficient (Wildman–Crippen LogP) is 3.39. The van der Waals surface area contributed by atoms with E-state index in [2.05, 4.69) is 4.74 Å². The predicted molar refractivity (Wildman–Crippen MR) is 106 cm³/mol. The molecule has 166 valence electrons. The highest BCUT2D eigenvalue weighted by Gasteiger charge is 2.32. The molecule has 0 saturated carbocycles. The number of nitrogens with zero attached hydrogens (tertiary/aromatic N) is 1. The molecule has 1 aromatic heterocycles. The molecule has 0 saturated heterocycles. The zero-order valence-corrected chi connectivity index (χ0v) is 17.0. The fraction of sp³-hybridized carbons (Fsp3) is 0.200. The van der Waals surface area contributed by atoms with E-state index < -0.39 is 34.6 Å². The Morgan fingerprint density at radius 3 is 2.16 bits per heavy atom. The second-order valence-corrected chi connectivity index (χ2v) is 8.41. The number of nitrogen functional groups attached to an aromatic ring is 1. The molecule has 0 spiro atoms. The number of nitrogens with two attached hydrogens (primary N) is 1. The van der Waals surface area contributed by atoms with E-state index in [-0.39, 0.29) is 15.6 Å². The maximum atomic E-state index is 13.2. The Hall–Kier alpha value is -3.18. The van der Waals surface area contributed by atoms with Gasteiger partial charge in [0.1, 0.15) is 16.5 Å². The Bertz CT molecular complexity index is 1140. The van der Waals surface area contributed by atoms with Gasteiger partial charge in [-0.05, 0) is 48.0 Å². The minimum atomic E-state index is -4.89. The first-order valence-corrected chi connectivity index (χ1v) is 10.4. The molecular weight excluding hydrogens is 437 g/mol. The van der Waals surface area contributed by atoms with Crippen LogP contribution in [-0.2, 0) is 9.84 Å². The van der Waals surface area contributed by atoms with Gasteiger partial charge in [0, 0.05) is 6.20 Å². The van der Waals surface area contributed by atoms with Crippen LogP contribution in [0.15, 0.2) is 70.7 Å². The van der Waals surface area contributed by atoms with Gasteiger partial charge in [-0.3, -0.25) is 0 Å². The van der Waals surface area contributed by atoms with Crippen molar-refractivity contribution in [1.29, 1.82) is 0 Å². The maximum Gasteiger partial charge on any atom is 0.573 e. The number of ether oxygens (including phenoxy) is 2. The van der Waals surface area contributed by atoms with E-state index in [4.69, 9.17) is 10.5 Å². The van der Waals surface area contributed by atoms with Gasteiger partial charge >= 0.3 is 6.36 Å². The van der Waals surface area contributed by atoms with Crippen LogP contribution in [-0.4, -0.2) is 38.2 Å². The summed E-state index contributed by atoms with van der Waals surface area (Å²) in [6.07, 6.45) is -3.52. The monoisotopic (exact) mass is 456 g/mol. The van der Waals surface area contributed by atoms with Crippen molar-refractivity contribution in [1.82, 2.24) is 4.57 Å². The minimum absolute atomic E-state index is 0.141. The van der Waals surface area contributed by atoms with Crippen LogP contribution in [0.1, 0.15) is 11.6 Å². The van der Waals surface area contributed by atoms with Gasteiger partial charge in [-0.15, -0.1) is 13.2 Å². The van der Waals surface area contributed by atoms with Crippen LogP contribution < -0.4 is 15.2 Å². The molecule has 0 aliphatic heterocycles. The molecule has 7 nitrogen and oxygen atoms in total. The van der Waals surface area contributed by atoms with Crippen molar-refractivity contribution >= 4 is 15.5 Å². The van der Waals surface area contributed by atoms with Crippen molar-refractivity contribution in [2.75, 3.05) is 19.5 Å². The first-order valence-electron chi connectivity index (χ1n) is 8.88. The zero-order valence-electron chi connectivity index (χ0n) is 16.2. The number of hydrogen-bond donors (Lipinski definition) is 2. The normalized spacial score (nSPS) is 13.1. The molecule has 1 heterocycles. The van der Waals surface area contributed by atoms with Crippen molar-refractivity contribution in [3.8, 4) is 11.5 Å². The fourth-order valence-electron chi connectivity index (χ4n) is 3.06. The van der Waals surface area contributed by atoms with Crippen LogP contribution in [0.25, 0.3) is 0 Å². The third-order valence-corrected chi connectivity index (χ3v) is 6.26. The molecule has 3 rings (SSSR count). The second kappa shape index (κ2) is 8.52. The van der Waals surface area contributed by atoms with Gasteiger partial charge in [-0.1, -0.05) is 12.1 Å². The number of aliphatic hydroxyl groups is 1. The molecule has 1 unspecified atom stereocenters. The van der Waals surface area contributed by atoms with Crippen LogP contribution in [0, 0.1) is 0 Å². The summed E-state index contributed by atoms with van der Waals surface area (Å²) in [4.78, 5) is -0.257. The number of benzene rings is 2. The lowest BCUT2D eigenvalue weighted by Crippen LogP contribution is -2.19. The van der Waals surface area contributed by atoms with E-state index in [0.29, 0.717) is 11.3 Å². The summed E-state index contributed by atoms with van der Waals surface area (Å²) in [6, 6.07) is 11.0. The zero-order chi connectivity index (χ0) is 22.8. The number of aliphatic hydroxyl groups excluding tert-OH is 1. The topological polar surface area (TPSA) is 104 Å². The highest BCUT2D eigenvalue weighted by atomic mass is 32.2. The average Bonchev–Trinajstić information content (AvgIpc) is 3.10. The second-order valence-electron chi connectivity index (χ2n) is 6.51. The van der Waals surface area contributed by atoms with E-state index in [1.54, 1.807) is 24.3 Å². The van der Waals surface area contributed by atoms with Gasteiger partial charge in [0.2, 0.25) is 9.84 Å². The number of halogens is 3. The largest absolute Gasteiger partial charge is 0.573 e. The fourth-order valence-corrected chi connectivity index (χ4v) is 4.54. The lowest BCUT2D eigenvalue weighted by Gasteiger charge is -2.20. The Labute approximate surface area is 176 Å². The SMILES string of the molecule is COc1ccc(C(CO)n2cc(N)cc2S(=O)(=O)c2ccc(OC(F)(F)F)cc2)cc1. The first kappa shape index (κ1) is 22.5. The summed E-state index contributed by atoms with van der Waals surface area (Å²) in [6.45, 7) is -0.429. The Morgan fingerprint density at radius 1 is 1.06 bits per heavy atom. The number of alkyl halides is 3. The lowest BCUT2D eigenvalue weighted by atomic mass is 10.1. The summed E-state index contributed by atoms with van der Waals surface area (Å²) in [5, 5.41) is 9.74. The molecular formula is C20H19F3N2O5S. The smallest absolute Gasteiger partial charge is 0.497 e. The van der Waals surface area contributed by atoms with Gasteiger partial charge < -0.3 is 24.9 Å². The third-order valence-electron chi connectivity index (χ3n) is 4.49. The Morgan fingerprint density at radius 2 is 1.65 bits per heavy atom. The average molecular weight is 456 g/mol. The number of rotatable bonds is 7. The van der Waals surface area contributed by atoms with Gasteiger partial charge in [0.25, 0.3) is 0 Å². The molecule has 0 aliphatic rings. The summed E-state index contributed by atoms with van der Waals surface area (Å²) < 4.78 is 73.6. The van der Waals surface area contributed by atoms with Crippen LogP contribution in [0.4, 0.5) is 18.9 Å². The molecule has 1 atom stereocenters. The molecule has 31 heavy (non-hydrogen) atoms. The van der Waals surface area contributed by atoms with E-state index in [9.17, 15) is 26.7 Å². The van der Waals surface area contributed by atoms with Gasteiger partial charge in [-0.2, -0.15) is 0 Å². The standard InChI is InChI=1S/C20H19F3N2O5S/c1-29-15-4-2-13(3-5-15)18(12-26)25-11-14(24)10-19(25)31(27,28)17-8-6-16(7-9-17)30-20(21,22)23/h2-11,18,26H,12,24H2,1H3. The molecule has 2 aromatic carbocycles. The number of sulfone groups is 1. The number of hydrogen-bond acceptors (Lipinski definition) is 6. The molecule has 3 aromatic rings. The lowest BCUT2D eigenvalue weighted by molar-refractivity contribution is -0.274. The molecule has 11 heteroatoms. The van der Waals surface area contributed by atoms with Gasteiger partial charge in [0.05, 0.1) is 30.3 Å². The maximum absolute atomic E-state index is 13.2. The number of aromatic nitrogens is 1. The van der Waals surface area contributed by atoms with Gasteiger partial charge in [-0.25, -0.2) is 8.42 Å². The third kappa shape index (κ3) is 4.94. The summed E-state index contributed by atoms with van der Waals surface area (Å²) >= 11 is 0. The van der Waals surface area contributed by atoms with E-state index in [1.807, 2.05) is 0 Å². The summed E-state index contributed by atoms with van der Waals surface area (Å²) in [5.41, 5.74) is 6.57. The van der Waals surface area contributed by atoms with E-state index >= 15 is 0 Å². The van der Waals surface area contributed by atoms with Crippen LogP contribution in [0.3, 0.4) is 0 Å². The highest BCUT2D eigenvalue weighted by Crippen LogP contribution is 2.32. The molecule has 0 amide bonds. The Balaban J connectivity index is 2.01. The van der Waals surface area contributed by atoms with Crippen LogP contribution in [0.5, 0.6) is 11.5 Å². The van der Waals surface area contributed by atoms with E-state index in [1.165, 1.54) is 23.9 Å². The molecule has 3 N–H and O–H groups in total.